The molecule has 0 saturated carbocycles. The molecule has 0 radical (unpaired) electrons. The van der Waals surface area contributed by atoms with Gasteiger partial charge in [0.15, 0.2) is 5.11 Å². The molecule has 2 heterocycles. The lowest BCUT2D eigenvalue weighted by molar-refractivity contribution is 0.0606. The molecule has 5 aromatic rings. The van der Waals surface area contributed by atoms with Gasteiger partial charge in [-0.1, -0.05) is 60.1 Å². The third kappa shape index (κ3) is 4.97. The van der Waals surface area contributed by atoms with Crippen LogP contribution in [-0.2, 0) is 11.3 Å². The van der Waals surface area contributed by atoms with Crippen LogP contribution in [0, 0.1) is 0 Å². The number of nitrogens with one attached hydrogen (secondary N) is 2. The number of carbonyl (C=O) groups excluding carboxylic acids is 1. The van der Waals surface area contributed by atoms with E-state index in [1.54, 1.807) is 0 Å². The number of fused-ring (bicyclic) bond motifs is 1. The first-order chi connectivity index (χ1) is 17.5. The molecular weight excluding hydrogens is 512 g/mol. The van der Waals surface area contributed by atoms with Crippen molar-refractivity contribution in [3.63, 3.8) is 0 Å². The number of thiophene rings is 1. The van der Waals surface area contributed by atoms with Crippen LogP contribution in [0.1, 0.15) is 15.2 Å². The van der Waals surface area contributed by atoms with E-state index in [4.69, 9.17) is 33.7 Å². The molecule has 9 heteroatoms. The summed E-state index contributed by atoms with van der Waals surface area (Å²) in [6.45, 7) is 0.489. The molecule has 5 rings (SSSR count). The zero-order valence-corrected chi connectivity index (χ0v) is 21.6. The second-order valence-corrected chi connectivity index (χ2v) is 9.74. The van der Waals surface area contributed by atoms with E-state index in [1.165, 1.54) is 18.4 Å². The van der Waals surface area contributed by atoms with E-state index in [-0.39, 0.29) is 0 Å². The van der Waals surface area contributed by atoms with Crippen LogP contribution in [0.15, 0.2) is 85.1 Å². The van der Waals surface area contributed by atoms with Crippen molar-refractivity contribution in [2.45, 2.75) is 6.54 Å². The van der Waals surface area contributed by atoms with Crippen LogP contribution in [-0.4, -0.2) is 28.0 Å². The first kappa shape index (κ1) is 24.0. The summed E-state index contributed by atoms with van der Waals surface area (Å²) in [4.78, 5) is 12.3. The third-order valence-corrected chi connectivity index (χ3v) is 7.44. The fourth-order valence-electron chi connectivity index (χ4n) is 3.81. The van der Waals surface area contributed by atoms with Crippen molar-refractivity contribution in [2.24, 2.45) is 0 Å². The Morgan fingerprint density at radius 2 is 1.81 bits per heavy atom. The van der Waals surface area contributed by atoms with Gasteiger partial charge in [-0.3, -0.25) is 0 Å². The topological polar surface area (TPSA) is 68.2 Å². The number of benzene rings is 3. The molecule has 0 atom stereocenters. The van der Waals surface area contributed by atoms with Gasteiger partial charge in [-0.05, 0) is 42.5 Å². The number of esters is 1. The highest BCUT2D eigenvalue weighted by atomic mass is 35.5. The summed E-state index contributed by atoms with van der Waals surface area (Å²) in [7, 11) is 1.34. The van der Waals surface area contributed by atoms with Gasteiger partial charge in [0.1, 0.15) is 4.88 Å². The summed E-state index contributed by atoms with van der Waals surface area (Å²) in [5.74, 6) is -0.446. The largest absolute Gasteiger partial charge is 0.465 e. The van der Waals surface area contributed by atoms with E-state index in [1.807, 2.05) is 89.7 Å². The number of hydrogen-bond acceptors (Lipinski definition) is 5. The highest BCUT2D eigenvalue weighted by Crippen LogP contribution is 2.37. The standard InChI is InChI=1S/C27H21ClN4O2S2/c1-34-26(33)25-23(28)21-13-12-19(14-22(21)36-25)30-27(35)29-15-18-16-32(20-10-6-3-7-11-20)31-24(18)17-8-4-2-5-9-17/h2-14,16H,15H2,1H3,(H2,29,30,35). The highest BCUT2D eigenvalue weighted by Gasteiger charge is 2.18. The average molecular weight is 533 g/mol. The number of ether oxygens (including phenoxy) is 1. The van der Waals surface area contributed by atoms with Crippen LogP contribution in [0.4, 0.5) is 5.69 Å². The SMILES string of the molecule is COC(=O)c1sc2cc(NC(=S)NCc3cn(-c4ccccc4)nc3-c3ccccc3)ccc2c1Cl. The molecule has 36 heavy (non-hydrogen) atoms. The minimum Gasteiger partial charge on any atom is -0.465 e. The number of hydrogen-bond donors (Lipinski definition) is 2. The van der Waals surface area contributed by atoms with Crippen LogP contribution in [0.25, 0.3) is 27.0 Å². The lowest BCUT2D eigenvalue weighted by Gasteiger charge is -2.11. The minimum absolute atomic E-state index is 0.385. The second kappa shape index (κ2) is 10.5. The van der Waals surface area contributed by atoms with Gasteiger partial charge in [-0.15, -0.1) is 11.3 Å². The van der Waals surface area contributed by atoms with Gasteiger partial charge in [0.25, 0.3) is 0 Å². The first-order valence-corrected chi connectivity index (χ1v) is 12.7. The summed E-state index contributed by atoms with van der Waals surface area (Å²) in [5.41, 5.74) is 4.70. The quantitative estimate of drug-likeness (QED) is 0.188. The van der Waals surface area contributed by atoms with Gasteiger partial charge in [0.2, 0.25) is 0 Å². The first-order valence-electron chi connectivity index (χ1n) is 11.1. The summed E-state index contributed by atoms with van der Waals surface area (Å²) in [5, 5.41) is 13.0. The number of methoxy groups -OCH3 is 1. The number of anilines is 1. The molecular formula is C27H21ClN4O2S2. The number of aromatic nitrogens is 2. The maximum Gasteiger partial charge on any atom is 0.349 e. The van der Waals surface area contributed by atoms with Crippen molar-refractivity contribution in [2.75, 3.05) is 12.4 Å². The van der Waals surface area contributed by atoms with Gasteiger partial charge >= 0.3 is 5.97 Å². The van der Waals surface area contributed by atoms with Crippen LogP contribution in [0.3, 0.4) is 0 Å². The van der Waals surface area contributed by atoms with Crippen molar-refractivity contribution in [1.82, 2.24) is 15.1 Å². The van der Waals surface area contributed by atoms with Crippen molar-refractivity contribution in [3.05, 3.63) is 101 Å². The molecule has 6 nitrogen and oxygen atoms in total. The maximum atomic E-state index is 12.0. The summed E-state index contributed by atoms with van der Waals surface area (Å²) in [6, 6.07) is 25.7. The number of thiocarbonyl (C=S) groups is 1. The molecule has 0 aliphatic rings. The molecule has 0 spiro atoms. The zero-order chi connectivity index (χ0) is 25.1. The Hall–Kier alpha value is -3.72. The fraction of sp³-hybridized carbons (Fsp3) is 0.0741. The van der Waals surface area contributed by atoms with Gasteiger partial charge in [0, 0.05) is 39.6 Å². The predicted octanol–water partition coefficient (Wildman–Crippen LogP) is 6.68. The van der Waals surface area contributed by atoms with Crippen molar-refractivity contribution < 1.29 is 9.53 Å². The predicted molar refractivity (Wildman–Crippen MR) is 150 cm³/mol. The van der Waals surface area contributed by atoms with E-state index in [0.717, 1.165) is 38.3 Å². The van der Waals surface area contributed by atoms with Crippen LogP contribution >= 0.6 is 35.2 Å². The summed E-state index contributed by atoms with van der Waals surface area (Å²) >= 11 is 13.2. The molecule has 0 amide bonds. The van der Waals surface area contributed by atoms with Crippen molar-refractivity contribution in [3.8, 4) is 16.9 Å². The van der Waals surface area contributed by atoms with E-state index >= 15 is 0 Å². The van der Waals surface area contributed by atoms with Gasteiger partial charge in [-0.2, -0.15) is 5.10 Å². The molecule has 3 aromatic carbocycles. The molecule has 0 aliphatic heterocycles. The average Bonchev–Trinajstić information content (AvgIpc) is 3.49. The summed E-state index contributed by atoms with van der Waals surface area (Å²) < 4.78 is 7.56. The van der Waals surface area contributed by atoms with E-state index in [2.05, 4.69) is 10.6 Å². The fourth-order valence-corrected chi connectivity index (χ4v) is 5.46. The molecule has 2 aromatic heterocycles. The van der Waals surface area contributed by atoms with Gasteiger partial charge < -0.3 is 15.4 Å². The molecule has 0 fully saturated rings. The smallest absolute Gasteiger partial charge is 0.349 e. The number of carbonyl (C=O) groups is 1. The Balaban J connectivity index is 1.34. The van der Waals surface area contributed by atoms with Crippen LogP contribution in [0.2, 0.25) is 5.02 Å². The number of para-hydroxylation sites is 1. The van der Waals surface area contributed by atoms with E-state index < -0.39 is 5.97 Å². The Bertz CT molecular complexity index is 1550. The Morgan fingerprint density at radius 3 is 2.53 bits per heavy atom. The number of rotatable bonds is 6. The second-order valence-electron chi connectivity index (χ2n) is 7.90. The molecule has 0 unspecified atom stereocenters. The molecule has 0 bridgehead atoms. The van der Waals surface area contributed by atoms with Gasteiger partial charge in [0.05, 0.1) is 23.5 Å². The van der Waals surface area contributed by atoms with Crippen molar-refractivity contribution in [1.29, 1.82) is 0 Å². The molecule has 0 saturated heterocycles. The van der Waals surface area contributed by atoms with Gasteiger partial charge in [-0.25, -0.2) is 9.48 Å². The zero-order valence-electron chi connectivity index (χ0n) is 19.2. The van der Waals surface area contributed by atoms with Crippen LogP contribution in [0.5, 0.6) is 0 Å². The monoisotopic (exact) mass is 532 g/mol. The molecule has 2 N–H and O–H groups in total. The Labute approximate surface area is 222 Å². The number of nitrogens with zero attached hydrogens (tertiary/aromatic N) is 2. The van der Waals surface area contributed by atoms with E-state index in [9.17, 15) is 4.79 Å². The molecule has 180 valence electrons. The third-order valence-electron chi connectivity index (χ3n) is 5.56. The maximum absolute atomic E-state index is 12.0. The van der Waals surface area contributed by atoms with Crippen LogP contribution < -0.4 is 10.6 Å². The highest BCUT2D eigenvalue weighted by molar-refractivity contribution is 7.80. The lowest BCUT2D eigenvalue weighted by atomic mass is 10.1. The number of halogens is 1. The minimum atomic E-state index is -0.446. The molecule has 0 aliphatic carbocycles. The lowest BCUT2D eigenvalue weighted by Crippen LogP contribution is -2.27. The van der Waals surface area contributed by atoms with Crippen molar-refractivity contribution >= 4 is 62.0 Å². The summed E-state index contributed by atoms with van der Waals surface area (Å²) in [6.07, 6.45) is 2.02. The van der Waals surface area contributed by atoms with E-state index in [0.29, 0.717) is 21.6 Å². The Morgan fingerprint density at radius 1 is 1.08 bits per heavy atom. The Kier molecular flexibility index (Phi) is 6.99. The normalized spacial score (nSPS) is 10.8.